The van der Waals surface area contributed by atoms with Crippen LogP contribution in [0, 0.1) is 6.92 Å². The molecule has 1 N–H and O–H groups in total. The second-order valence-corrected chi connectivity index (χ2v) is 8.06. The largest absolute Gasteiger partial charge is 0.496 e. The number of carbonyl (C=O) groups excluding carboxylic acids is 1. The van der Waals surface area contributed by atoms with Crippen LogP contribution in [0.3, 0.4) is 0 Å². The molecule has 1 fully saturated rings. The maximum absolute atomic E-state index is 12.5. The monoisotopic (exact) mass is 349 g/mol. The molecule has 1 atom stereocenters. The van der Waals surface area contributed by atoms with Gasteiger partial charge in [0.15, 0.2) is 9.84 Å². The first-order valence-electron chi connectivity index (χ1n) is 7.60. The average Bonchev–Trinajstić information content (AvgIpc) is 3.09. The predicted octanol–water partition coefficient (Wildman–Crippen LogP) is 1.81. The number of benzene rings is 1. The zero-order valence-electron chi connectivity index (χ0n) is 13.5. The first kappa shape index (κ1) is 16.5. The third-order valence-corrected chi connectivity index (χ3v) is 5.76. The summed E-state index contributed by atoms with van der Waals surface area (Å²) in [5.74, 6) is 0.837. The molecule has 8 heteroatoms. The van der Waals surface area contributed by atoms with Crippen LogP contribution in [0.4, 0.5) is 5.82 Å². The van der Waals surface area contributed by atoms with Crippen molar-refractivity contribution in [2.24, 2.45) is 0 Å². The normalized spacial score (nSPS) is 19.2. The molecule has 0 aliphatic carbocycles. The lowest BCUT2D eigenvalue weighted by atomic mass is 10.2. The summed E-state index contributed by atoms with van der Waals surface area (Å²) in [5.41, 5.74) is 1.12. The van der Waals surface area contributed by atoms with E-state index in [4.69, 9.17) is 4.74 Å². The summed E-state index contributed by atoms with van der Waals surface area (Å²) in [6.07, 6.45) is 0.501. The number of amides is 1. The van der Waals surface area contributed by atoms with Gasteiger partial charge in [0.2, 0.25) is 0 Å². The van der Waals surface area contributed by atoms with Crippen molar-refractivity contribution in [2.75, 3.05) is 23.9 Å². The van der Waals surface area contributed by atoms with Gasteiger partial charge in [-0.15, -0.1) is 0 Å². The highest BCUT2D eigenvalue weighted by Crippen LogP contribution is 2.28. The van der Waals surface area contributed by atoms with Gasteiger partial charge in [0.25, 0.3) is 5.91 Å². The summed E-state index contributed by atoms with van der Waals surface area (Å²) in [5, 5.41) is 7.17. The molecule has 1 saturated heterocycles. The van der Waals surface area contributed by atoms with E-state index in [2.05, 4.69) is 10.4 Å². The number of para-hydroxylation sites is 1. The molecule has 7 nitrogen and oxygen atoms in total. The molecule has 24 heavy (non-hydrogen) atoms. The number of ether oxygens (including phenoxy) is 1. The SMILES string of the molecule is COc1ccccc1C(=O)Nc1cc(C)nn1[C@@H]1CCS(=O)(=O)C1. The van der Waals surface area contributed by atoms with Crippen molar-refractivity contribution in [1.82, 2.24) is 9.78 Å². The second-order valence-electron chi connectivity index (χ2n) is 5.83. The summed E-state index contributed by atoms with van der Waals surface area (Å²) in [6.45, 7) is 1.80. The number of rotatable bonds is 4. The summed E-state index contributed by atoms with van der Waals surface area (Å²) in [6, 6.07) is 8.40. The van der Waals surface area contributed by atoms with E-state index in [1.54, 1.807) is 41.9 Å². The molecule has 0 unspecified atom stereocenters. The number of hydrogen-bond donors (Lipinski definition) is 1. The van der Waals surface area contributed by atoms with E-state index in [1.165, 1.54) is 7.11 Å². The molecule has 128 valence electrons. The van der Waals surface area contributed by atoms with Gasteiger partial charge in [-0.1, -0.05) is 12.1 Å². The lowest BCUT2D eigenvalue weighted by Crippen LogP contribution is -2.20. The highest BCUT2D eigenvalue weighted by molar-refractivity contribution is 7.91. The molecule has 1 aliphatic rings. The molecule has 0 saturated carbocycles. The fourth-order valence-corrected chi connectivity index (χ4v) is 4.56. The smallest absolute Gasteiger partial charge is 0.260 e. The summed E-state index contributed by atoms with van der Waals surface area (Å²) in [7, 11) is -1.53. The lowest BCUT2D eigenvalue weighted by Gasteiger charge is -2.14. The molecule has 0 spiro atoms. The zero-order valence-corrected chi connectivity index (χ0v) is 14.3. The van der Waals surface area contributed by atoms with Gasteiger partial charge in [0.05, 0.1) is 35.9 Å². The molecule has 1 aromatic heterocycles. The Bertz CT molecular complexity index is 873. The number of aromatic nitrogens is 2. The Kier molecular flexibility index (Phi) is 4.31. The number of anilines is 1. The number of carbonyl (C=O) groups is 1. The zero-order chi connectivity index (χ0) is 17.3. The van der Waals surface area contributed by atoms with E-state index in [9.17, 15) is 13.2 Å². The van der Waals surface area contributed by atoms with Gasteiger partial charge in [0, 0.05) is 6.07 Å². The first-order chi connectivity index (χ1) is 11.4. The Hall–Kier alpha value is -2.35. The van der Waals surface area contributed by atoms with Crippen molar-refractivity contribution in [3.05, 3.63) is 41.6 Å². The Morgan fingerprint density at radius 2 is 2.12 bits per heavy atom. The summed E-state index contributed by atoms with van der Waals surface area (Å²) < 4.78 is 30.2. The van der Waals surface area contributed by atoms with Gasteiger partial charge in [0.1, 0.15) is 11.6 Å². The summed E-state index contributed by atoms with van der Waals surface area (Å²) in [4.78, 5) is 12.5. The van der Waals surface area contributed by atoms with Crippen LogP contribution in [0.15, 0.2) is 30.3 Å². The Morgan fingerprint density at radius 3 is 2.79 bits per heavy atom. The first-order valence-corrected chi connectivity index (χ1v) is 9.43. The van der Waals surface area contributed by atoms with E-state index in [-0.39, 0.29) is 23.5 Å². The van der Waals surface area contributed by atoms with Crippen LogP contribution in [0.2, 0.25) is 0 Å². The molecular formula is C16H19N3O4S. The van der Waals surface area contributed by atoms with E-state index in [0.29, 0.717) is 23.6 Å². The molecule has 0 bridgehead atoms. The van der Waals surface area contributed by atoms with Gasteiger partial charge < -0.3 is 10.1 Å². The van der Waals surface area contributed by atoms with Crippen LogP contribution >= 0.6 is 0 Å². The Balaban J connectivity index is 1.87. The fourth-order valence-electron chi connectivity index (χ4n) is 2.87. The number of aryl methyl sites for hydroxylation is 1. The Labute approximate surface area is 140 Å². The van der Waals surface area contributed by atoms with Crippen molar-refractivity contribution >= 4 is 21.6 Å². The van der Waals surface area contributed by atoms with Gasteiger partial charge in [-0.05, 0) is 25.5 Å². The molecule has 1 aromatic carbocycles. The minimum atomic E-state index is -3.04. The summed E-state index contributed by atoms with van der Waals surface area (Å²) >= 11 is 0. The average molecular weight is 349 g/mol. The number of nitrogens with zero attached hydrogens (tertiary/aromatic N) is 2. The standard InChI is InChI=1S/C16H19N3O4S/c1-11-9-15(19(18-11)12-7-8-24(21,22)10-12)17-16(20)13-5-3-4-6-14(13)23-2/h3-6,9,12H,7-8,10H2,1-2H3,(H,17,20)/t12-/m1/s1. The van der Waals surface area contributed by atoms with Crippen LogP contribution in [0.5, 0.6) is 5.75 Å². The molecule has 1 amide bonds. The van der Waals surface area contributed by atoms with Crippen LogP contribution in [0.25, 0.3) is 0 Å². The van der Waals surface area contributed by atoms with E-state index >= 15 is 0 Å². The number of sulfone groups is 1. The van der Waals surface area contributed by atoms with Crippen molar-refractivity contribution in [3.8, 4) is 5.75 Å². The Morgan fingerprint density at radius 1 is 1.38 bits per heavy atom. The van der Waals surface area contributed by atoms with E-state index in [1.807, 2.05) is 0 Å². The maximum Gasteiger partial charge on any atom is 0.260 e. The third-order valence-electron chi connectivity index (χ3n) is 4.01. The van der Waals surface area contributed by atoms with Crippen LogP contribution < -0.4 is 10.1 Å². The topological polar surface area (TPSA) is 90.3 Å². The number of hydrogen-bond acceptors (Lipinski definition) is 5. The van der Waals surface area contributed by atoms with Crippen molar-refractivity contribution in [3.63, 3.8) is 0 Å². The minimum Gasteiger partial charge on any atom is -0.496 e. The molecule has 1 aliphatic heterocycles. The van der Waals surface area contributed by atoms with Gasteiger partial charge >= 0.3 is 0 Å². The van der Waals surface area contributed by atoms with Crippen molar-refractivity contribution in [1.29, 1.82) is 0 Å². The molecule has 0 radical (unpaired) electrons. The van der Waals surface area contributed by atoms with E-state index in [0.717, 1.165) is 5.69 Å². The number of methoxy groups -OCH3 is 1. The quantitative estimate of drug-likeness (QED) is 0.909. The second kappa shape index (κ2) is 6.27. The van der Waals surface area contributed by atoms with Gasteiger partial charge in [-0.2, -0.15) is 5.10 Å². The van der Waals surface area contributed by atoms with Crippen LogP contribution in [0.1, 0.15) is 28.5 Å². The predicted molar refractivity (Wildman–Crippen MR) is 90.2 cm³/mol. The molecule has 2 aromatic rings. The lowest BCUT2D eigenvalue weighted by molar-refractivity contribution is 0.102. The third kappa shape index (κ3) is 3.28. The highest BCUT2D eigenvalue weighted by Gasteiger charge is 2.31. The number of nitrogens with one attached hydrogen (secondary N) is 1. The molecule has 2 heterocycles. The highest BCUT2D eigenvalue weighted by atomic mass is 32.2. The minimum absolute atomic E-state index is 0.0473. The molecule has 3 rings (SSSR count). The van der Waals surface area contributed by atoms with E-state index < -0.39 is 9.84 Å². The maximum atomic E-state index is 12.5. The van der Waals surface area contributed by atoms with Crippen molar-refractivity contribution in [2.45, 2.75) is 19.4 Å². The van der Waals surface area contributed by atoms with Gasteiger partial charge in [-0.3, -0.25) is 4.79 Å². The van der Waals surface area contributed by atoms with Crippen LogP contribution in [-0.4, -0.2) is 42.7 Å². The van der Waals surface area contributed by atoms with Crippen LogP contribution in [-0.2, 0) is 9.84 Å². The fraction of sp³-hybridized carbons (Fsp3) is 0.375. The van der Waals surface area contributed by atoms with Gasteiger partial charge in [-0.25, -0.2) is 13.1 Å². The molecular weight excluding hydrogens is 330 g/mol. The van der Waals surface area contributed by atoms with Crippen molar-refractivity contribution < 1.29 is 17.9 Å².